The van der Waals surface area contributed by atoms with Gasteiger partial charge in [-0.1, -0.05) is 24.3 Å². The van der Waals surface area contributed by atoms with Gasteiger partial charge in [0.25, 0.3) is 0 Å². The molecule has 0 bridgehead atoms. The Balaban J connectivity index is 1.76. The Morgan fingerprint density at radius 1 is 1.35 bits per heavy atom. The number of thiophene rings is 1. The highest BCUT2D eigenvalue weighted by Gasteiger charge is 2.26. The van der Waals surface area contributed by atoms with Crippen molar-refractivity contribution in [2.24, 2.45) is 0 Å². The average Bonchev–Trinajstić information content (AvgIpc) is 2.91. The van der Waals surface area contributed by atoms with E-state index in [9.17, 15) is 4.79 Å². The van der Waals surface area contributed by atoms with Crippen LogP contribution in [0.5, 0.6) is 0 Å². The van der Waals surface area contributed by atoms with Gasteiger partial charge >= 0.3 is 0 Å². The third kappa shape index (κ3) is 2.43. The number of carbonyl (C=O) groups excluding carboxylic acids is 1. The Hall–Kier alpha value is -1.45. The van der Waals surface area contributed by atoms with Crippen molar-refractivity contribution < 1.29 is 4.79 Å². The highest BCUT2D eigenvalue weighted by molar-refractivity contribution is 7.10. The highest BCUT2D eigenvalue weighted by Crippen LogP contribution is 2.32. The number of hydrogen-bond donors (Lipinski definition) is 0. The summed E-state index contributed by atoms with van der Waals surface area (Å²) in [7, 11) is 0. The minimum absolute atomic E-state index is 0.230. The van der Waals surface area contributed by atoms with Crippen molar-refractivity contribution in [3.8, 4) is 0 Å². The van der Waals surface area contributed by atoms with Gasteiger partial charge in [0.15, 0.2) is 5.78 Å². The second kappa shape index (κ2) is 5.51. The zero-order chi connectivity index (χ0) is 14.1. The highest BCUT2D eigenvalue weighted by atomic mass is 32.1. The molecule has 1 aliphatic rings. The molecule has 2 heterocycles. The number of Topliss-reactive ketones (excluding diaryl/α,β-unsaturated/α-hetero) is 1. The Bertz CT molecular complexity index is 631. The lowest BCUT2D eigenvalue weighted by atomic mass is 9.99. The molecule has 0 saturated heterocycles. The Morgan fingerprint density at radius 3 is 2.95 bits per heavy atom. The largest absolute Gasteiger partial charge is 0.293 e. The van der Waals surface area contributed by atoms with E-state index in [0.717, 1.165) is 24.1 Å². The van der Waals surface area contributed by atoms with Crippen LogP contribution in [0.2, 0.25) is 0 Å². The first-order valence-corrected chi connectivity index (χ1v) is 7.94. The van der Waals surface area contributed by atoms with Crippen molar-refractivity contribution in [1.82, 2.24) is 4.90 Å². The second-order valence-electron chi connectivity index (χ2n) is 5.43. The van der Waals surface area contributed by atoms with Gasteiger partial charge in [-0.05, 0) is 42.8 Å². The molecule has 1 unspecified atom stereocenters. The molecule has 3 rings (SSSR count). The zero-order valence-corrected chi connectivity index (χ0v) is 12.7. The van der Waals surface area contributed by atoms with E-state index in [1.807, 2.05) is 42.5 Å². The fourth-order valence-corrected chi connectivity index (χ4v) is 3.90. The molecule has 1 aromatic heterocycles. The summed E-state index contributed by atoms with van der Waals surface area (Å²) < 4.78 is 0. The van der Waals surface area contributed by atoms with E-state index in [2.05, 4.69) is 23.3 Å². The van der Waals surface area contributed by atoms with Crippen LogP contribution in [0.1, 0.15) is 39.3 Å². The standard InChI is InChI=1S/C17H19NOS/c1-12-5-3-4-6-14(12)16(19)11-18-9-7-17-15(13(18)2)8-10-20-17/h3-6,8,10,13H,7,9,11H2,1-2H3. The SMILES string of the molecule is Cc1ccccc1C(=O)CN1CCc2sccc2C1C. The Morgan fingerprint density at radius 2 is 2.15 bits per heavy atom. The van der Waals surface area contributed by atoms with Gasteiger partial charge < -0.3 is 0 Å². The van der Waals surface area contributed by atoms with Crippen molar-refractivity contribution in [2.45, 2.75) is 26.3 Å². The fourth-order valence-electron chi connectivity index (χ4n) is 2.93. The lowest BCUT2D eigenvalue weighted by molar-refractivity contribution is 0.0891. The zero-order valence-electron chi connectivity index (χ0n) is 11.9. The summed E-state index contributed by atoms with van der Waals surface area (Å²) in [4.78, 5) is 16.3. The van der Waals surface area contributed by atoms with Crippen LogP contribution in [0.15, 0.2) is 35.7 Å². The van der Waals surface area contributed by atoms with Gasteiger partial charge in [-0.15, -0.1) is 11.3 Å². The smallest absolute Gasteiger partial charge is 0.177 e. The monoisotopic (exact) mass is 285 g/mol. The second-order valence-corrected chi connectivity index (χ2v) is 6.43. The number of fused-ring (bicyclic) bond motifs is 1. The van der Waals surface area contributed by atoms with Gasteiger partial charge in [-0.2, -0.15) is 0 Å². The van der Waals surface area contributed by atoms with E-state index < -0.39 is 0 Å². The summed E-state index contributed by atoms with van der Waals surface area (Å²) in [6.45, 7) is 5.70. The Labute approximate surface area is 124 Å². The molecule has 1 aromatic carbocycles. The van der Waals surface area contributed by atoms with Gasteiger partial charge in [-0.25, -0.2) is 0 Å². The summed E-state index contributed by atoms with van der Waals surface area (Å²) in [5.74, 6) is 0.230. The summed E-state index contributed by atoms with van der Waals surface area (Å²) >= 11 is 1.84. The van der Waals surface area contributed by atoms with Gasteiger partial charge in [0.1, 0.15) is 0 Å². The predicted molar refractivity (Wildman–Crippen MR) is 83.5 cm³/mol. The number of benzene rings is 1. The van der Waals surface area contributed by atoms with E-state index in [4.69, 9.17) is 0 Å². The number of nitrogens with zero attached hydrogens (tertiary/aromatic N) is 1. The first-order chi connectivity index (χ1) is 9.66. The molecule has 0 radical (unpaired) electrons. The molecule has 20 heavy (non-hydrogen) atoms. The molecular weight excluding hydrogens is 266 g/mol. The molecule has 0 spiro atoms. The van der Waals surface area contributed by atoms with Crippen LogP contribution in [0.25, 0.3) is 0 Å². The quantitative estimate of drug-likeness (QED) is 0.798. The van der Waals surface area contributed by atoms with Gasteiger partial charge in [-0.3, -0.25) is 9.69 Å². The number of carbonyl (C=O) groups is 1. The van der Waals surface area contributed by atoms with Gasteiger partial charge in [0.2, 0.25) is 0 Å². The van der Waals surface area contributed by atoms with Crippen LogP contribution in [0.4, 0.5) is 0 Å². The molecule has 1 aliphatic heterocycles. The fraction of sp³-hybridized carbons (Fsp3) is 0.353. The molecule has 0 aliphatic carbocycles. The van der Waals surface area contributed by atoms with Crippen LogP contribution in [0.3, 0.4) is 0 Å². The van der Waals surface area contributed by atoms with E-state index in [1.54, 1.807) is 0 Å². The van der Waals surface area contributed by atoms with Crippen molar-refractivity contribution in [3.05, 3.63) is 57.3 Å². The number of hydrogen-bond acceptors (Lipinski definition) is 3. The molecule has 0 N–H and O–H groups in total. The summed E-state index contributed by atoms with van der Waals surface area (Å²) in [5.41, 5.74) is 3.33. The van der Waals surface area contributed by atoms with Crippen molar-refractivity contribution in [2.75, 3.05) is 13.1 Å². The van der Waals surface area contributed by atoms with Crippen LogP contribution >= 0.6 is 11.3 Å². The molecule has 0 amide bonds. The van der Waals surface area contributed by atoms with Crippen LogP contribution in [0, 0.1) is 6.92 Å². The van der Waals surface area contributed by atoms with E-state index in [1.165, 1.54) is 10.4 Å². The normalized spacial score (nSPS) is 18.8. The molecule has 2 nitrogen and oxygen atoms in total. The topological polar surface area (TPSA) is 20.3 Å². The van der Waals surface area contributed by atoms with E-state index in [-0.39, 0.29) is 5.78 Å². The molecule has 2 aromatic rings. The maximum absolute atomic E-state index is 12.5. The predicted octanol–water partition coefficient (Wildman–Crippen LogP) is 3.86. The van der Waals surface area contributed by atoms with Crippen LogP contribution in [-0.4, -0.2) is 23.8 Å². The average molecular weight is 285 g/mol. The number of aryl methyl sites for hydroxylation is 1. The van der Waals surface area contributed by atoms with E-state index >= 15 is 0 Å². The summed E-state index contributed by atoms with van der Waals surface area (Å²) in [6, 6.07) is 10.4. The minimum Gasteiger partial charge on any atom is -0.293 e. The third-order valence-corrected chi connectivity index (χ3v) is 5.19. The van der Waals surface area contributed by atoms with Gasteiger partial charge in [0, 0.05) is 23.0 Å². The number of ketones is 1. The molecule has 104 valence electrons. The first kappa shape index (κ1) is 13.5. The van der Waals surface area contributed by atoms with Crippen molar-refractivity contribution in [1.29, 1.82) is 0 Å². The van der Waals surface area contributed by atoms with Crippen LogP contribution < -0.4 is 0 Å². The maximum Gasteiger partial charge on any atom is 0.177 e. The minimum atomic E-state index is 0.230. The lowest BCUT2D eigenvalue weighted by Gasteiger charge is -2.33. The summed E-state index contributed by atoms with van der Waals surface area (Å²) in [5, 5.41) is 2.16. The van der Waals surface area contributed by atoms with E-state index in [0.29, 0.717) is 12.6 Å². The lowest BCUT2D eigenvalue weighted by Crippen LogP contribution is -2.37. The molecule has 1 atom stereocenters. The molecule has 0 fully saturated rings. The van der Waals surface area contributed by atoms with Crippen molar-refractivity contribution in [3.63, 3.8) is 0 Å². The first-order valence-electron chi connectivity index (χ1n) is 7.06. The maximum atomic E-state index is 12.5. The molecule has 3 heteroatoms. The number of rotatable bonds is 3. The Kier molecular flexibility index (Phi) is 3.72. The third-order valence-electron chi connectivity index (χ3n) is 4.20. The van der Waals surface area contributed by atoms with Crippen molar-refractivity contribution >= 4 is 17.1 Å². The molecule has 0 saturated carbocycles. The van der Waals surface area contributed by atoms with Gasteiger partial charge in [0.05, 0.1) is 6.54 Å². The van der Waals surface area contributed by atoms with Crippen LogP contribution in [-0.2, 0) is 6.42 Å². The summed E-state index contributed by atoms with van der Waals surface area (Å²) in [6.07, 6.45) is 1.07. The molecular formula is C17H19NOS.